The summed E-state index contributed by atoms with van der Waals surface area (Å²) in [5.41, 5.74) is 0.118. The maximum Gasteiger partial charge on any atom is 0.449 e. The number of hydrogen-bond donors (Lipinski definition) is 0. The Morgan fingerprint density at radius 2 is 2.00 bits per heavy atom. The van der Waals surface area contributed by atoms with Crippen LogP contribution in [0, 0.1) is 0 Å². The van der Waals surface area contributed by atoms with Gasteiger partial charge in [-0.05, 0) is 12.1 Å². The summed E-state index contributed by atoms with van der Waals surface area (Å²) >= 11 is 0. The highest BCUT2D eigenvalue weighted by atomic mass is 19.4. The van der Waals surface area contributed by atoms with Crippen molar-refractivity contribution in [2.75, 3.05) is 7.11 Å². The van der Waals surface area contributed by atoms with Crippen molar-refractivity contribution in [1.82, 2.24) is 0 Å². The molecule has 0 atom stereocenters. The van der Waals surface area contributed by atoms with Crippen molar-refractivity contribution in [1.29, 1.82) is 0 Å². The molecule has 0 unspecified atom stereocenters. The van der Waals surface area contributed by atoms with Gasteiger partial charge in [-0.3, -0.25) is 0 Å². The van der Waals surface area contributed by atoms with Crippen LogP contribution in [-0.2, 0) is 6.18 Å². The number of fused-ring (bicyclic) bond motifs is 1. The molecular formula is C10H7F3O2. The van der Waals surface area contributed by atoms with Gasteiger partial charge in [-0.1, -0.05) is 12.1 Å². The zero-order valence-electron chi connectivity index (χ0n) is 7.76. The molecule has 0 saturated heterocycles. The molecule has 0 aliphatic heterocycles. The van der Waals surface area contributed by atoms with Crippen LogP contribution in [0.4, 0.5) is 13.2 Å². The van der Waals surface area contributed by atoms with Gasteiger partial charge in [0.2, 0.25) is 5.76 Å². The molecule has 0 N–H and O–H groups in total. The first kappa shape index (κ1) is 9.89. The van der Waals surface area contributed by atoms with Crippen LogP contribution in [0.1, 0.15) is 5.76 Å². The number of benzene rings is 1. The van der Waals surface area contributed by atoms with E-state index >= 15 is 0 Å². The van der Waals surface area contributed by atoms with Crippen molar-refractivity contribution in [3.05, 3.63) is 30.0 Å². The summed E-state index contributed by atoms with van der Waals surface area (Å²) in [6, 6.07) is 5.65. The first-order valence-electron chi connectivity index (χ1n) is 4.16. The van der Waals surface area contributed by atoms with Gasteiger partial charge >= 0.3 is 6.18 Å². The van der Waals surface area contributed by atoms with Gasteiger partial charge in [0.15, 0.2) is 11.3 Å². The smallest absolute Gasteiger partial charge is 0.449 e. The zero-order valence-corrected chi connectivity index (χ0v) is 7.76. The van der Waals surface area contributed by atoms with Gasteiger partial charge in [0.05, 0.1) is 7.11 Å². The first-order chi connectivity index (χ1) is 7.02. The van der Waals surface area contributed by atoms with E-state index in [0.29, 0.717) is 11.1 Å². The molecule has 0 radical (unpaired) electrons. The number of furan rings is 1. The summed E-state index contributed by atoms with van der Waals surface area (Å²) in [6.07, 6.45) is -4.47. The maximum atomic E-state index is 12.3. The second-order valence-electron chi connectivity index (χ2n) is 2.99. The summed E-state index contributed by atoms with van der Waals surface area (Å²) in [7, 11) is 1.38. The average Bonchev–Trinajstić information content (AvgIpc) is 2.59. The van der Waals surface area contributed by atoms with E-state index in [1.165, 1.54) is 13.2 Å². The summed E-state index contributed by atoms with van der Waals surface area (Å²) in [5, 5.41) is 0.377. The highest BCUT2D eigenvalue weighted by molar-refractivity contribution is 5.83. The topological polar surface area (TPSA) is 22.4 Å². The number of alkyl halides is 3. The van der Waals surface area contributed by atoms with Crippen LogP contribution < -0.4 is 4.74 Å². The van der Waals surface area contributed by atoms with Gasteiger partial charge in [-0.2, -0.15) is 13.2 Å². The van der Waals surface area contributed by atoms with Crippen LogP contribution in [0.15, 0.2) is 28.7 Å². The van der Waals surface area contributed by atoms with Crippen LogP contribution in [0.25, 0.3) is 11.0 Å². The Balaban J connectivity index is 2.65. The fourth-order valence-electron chi connectivity index (χ4n) is 1.34. The lowest BCUT2D eigenvalue weighted by Gasteiger charge is -2.00. The van der Waals surface area contributed by atoms with E-state index in [0.717, 1.165) is 6.07 Å². The van der Waals surface area contributed by atoms with Crippen LogP contribution >= 0.6 is 0 Å². The number of methoxy groups -OCH3 is 1. The fraction of sp³-hybridized carbons (Fsp3) is 0.200. The Morgan fingerprint density at radius 3 is 2.60 bits per heavy atom. The van der Waals surface area contributed by atoms with Gasteiger partial charge in [0, 0.05) is 5.39 Å². The standard InChI is InChI=1S/C10H7F3O2/c1-14-7-4-2-3-6-5-8(10(11,12)13)15-9(6)7/h2-5H,1H3. The second-order valence-corrected chi connectivity index (χ2v) is 2.99. The van der Waals surface area contributed by atoms with Crippen molar-refractivity contribution in [3.8, 4) is 5.75 Å². The second kappa shape index (κ2) is 3.18. The van der Waals surface area contributed by atoms with Crippen molar-refractivity contribution in [2.45, 2.75) is 6.18 Å². The highest BCUT2D eigenvalue weighted by Gasteiger charge is 2.35. The largest absolute Gasteiger partial charge is 0.493 e. The summed E-state index contributed by atoms with van der Waals surface area (Å²) in [4.78, 5) is 0. The molecule has 2 aromatic rings. The molecule has 1 heterocycles. The zero-order chi connectivity index (χ0) is 11.1. The van der Waals surface area contributed by atoms with E-state index in [2.05, 4.69) is 0 Å². The summed E-state index contributed by atoms with van der Waals surface area (Å²) in [6.45, 7) is 0. The molecule has 0 aliphatic rings. The average molecular weight is 216 g/mol. The predicted octanol–water partition coefficient (Wildman–Crippen LogP) is 3.46. The first-order valence-corrected chi connectivity index (χ1v) is 4.16. The lowest BCUT2D eigenvalue weighted by molar-refractivity contribution is -0.152. The van der Waals surface area contributed by atoms with E-state index in [-0.39, 0.29) is 5.58 Å². The minimum atomic E-state index is -4.47. The number of rotatable bonds is 1. The fourth-order valence-corrected chi connectivity index (χ4v) is 1.34. The van der Waals surface area contributed by atoms with E-state index in [1.54, 1.807) is 12.1 Å². The molecule has 1 aromatic carbocycles. The van der Waals surface area contributed by atoms with E-state index in [1.807, 2.05) is 0 Å². The lowest BCUT2D eigenvalue weighted by Crippen LogP contribution is -2.01. The highest BCUT2D eigenvalue weighted by Crippen LogP contribution is 2.36. The molecule has 2 rings (SSSR count). The molecule has 5 heteroatoms. The lowest BCUT2D eigenvalue weighted by atomic mass is 10.2. The van der Waals surface area contributed by atoms with Crippen LogP contribution in [0.3, 0.4) is 0 Å². The molecule has 2 nitrogen and oxygen atoms in total. The molecule has 0 saturated carbocycles. The Kier molecular flexibility index (Phi) is 2.10. The molecular weight excluding hydrogens is 209 g/mol. The predicted molar refractivity (Wildman–Crippen MR) is 47.8 cm³/mol. The third-order valence-electron chi connectivity index (χ3n) is 2.01. The SMILES string of the molecule is COc1cccc2cc(C(F)(F)F)oc12. The number of ether oxygens (including phenoxy) is 1. The molecule has 0 spiro atoms. The Morgan fingerprint density at radius 1 is 1.27 bits per heavy atom. The van der Waals surface area contributed by atoms with Crippen molar-refractivity contribution in [2.24, 2.45) is 0 Å². The number of halogens is 3. The van der Waals surface area contributed by atoms with Gasteiger partial charge in [-0.15, -0.1) is 0 Å². The Hall–Kier alpha value is -1.65. The molecule has 1 aromatic heterocycles. The van der Waals surface area contributed by atoms with Gasteiger partial charge in [0.25, 0.3) is 0 Å². The third kappa shape index (κ3) is 1.65. The van der Waals surface area contributed by atoms with Gasteiger partial charge in [-0.25, -0.2) is 0 Å². The molecule has 80 valence electrons. The quantitative estimate of drug-likeness (QED) is 0.728. The minimum Gasteiger partial charge on any atom is -0.493 e. The van der Waals surface area contributed by atoms with E-state index < -0.39 is 11.9 Å². The maximum absolute atomic E-state index is 12.3. The Labute approximate surface area is 83.2 Å². The molecule has 0 fully saturated rings. The van der Waals surface area contributed by atoms with Crippen molar-refractivity contribution >= 4 is 11.0 Å². The minimum absolute atomic E-state index is 0.118. The van der Waals surface area contributed by atoms with Crippen LogP contribution in [-0.4, -0.2) is 7.11 Å². The third-order valence-corrected chi connectivity index (χ3v) is 2.01. The van der Waals surface area contributed by atoms with Crippen molar-refractivity contribution in [3.63, 3.8) is 0 Å². The summed E-state index contributed by atoms with van der Waals surface area (Å²) < 4.78 is 46.6. The van der Waals surface area contributed by atoms with E-state index in [9.17, 15) is 13.2 Å². The number of para-hydroxylation sites is 1. The normalized spacial score (nSPS) is 12.0. The molecule has 15 heavy (non-hydrogen) atoms. The summed E-state index contributed by atoms with van der Waals surface area (Å²) in [5.74, 6) is -0.718. The molecule has 0 aliphatic carbocycles. The monoisotopic (exact) mass is 216 g/mol. The van der Waals surface area contributed by atoms with Crippen molar-refractivity contribution < 1.29 is 22.3 Å². The molecule has 0 bridgehead atoms. The van der Waals surface area contributed by atoms with Gasteiger partial charge < -0.3 is 9.15 Å². The Bertz CT molecular complexity index is 485. The van der Waals surface area contributed by atoms with Crippen LogP contribution in [0.2, 0.25) is 0 Å². The number of hydrogen-bond acceptors (Lipinski definition) is 2. The van der Waals surface area contributed by atoms with Gasteiger partial charge in [0.1, 0.15) is 0 Å². The van der Waals surface area contributed by atoms with Crippen LogP contribution in [0.5, 0.6) is 5.75 Å². The van der Waals surface area contributed by atoms with E-state index in [4.69, 9.17) is 9.15 Å². The molecule has 0 amide bonds.